The Morgan fingerprint density at radius 3 is 1.55 bits per heavy atom. The number of unbranched alkanes of at least 4 members (excludes halogenated alkanes) is 1. The summed E-state index contributed by atoms with van der Waals surface area (Å²) in [6.45, 7) is 2.24. The highest BCUT2D eigenvalue weighted by Crippen LogP contribution is 2.37. The fourth-order valence-electron chi connectivity index (χ4n) is 6.08. The molecule has 6 aromatic carbocycles. The molecule has 1 heterocycles. The van der Waals surface area contributed by atoms with Crippen LogP contribution in [-0.4, -0.2) is 4.57 Å². The van der Waals surface area contributed by atoms with E-state index < -0.39 is 0 Å². The third-order valence-electron chi connectivity index (χ3n) is 8.38. The number of rotatable bonds is 9. The molecule has 0 unspecified atom stereocenters. The van der Waals surface area contributed by atoms with Gasteiger partial charge in [0, 0.05) is 33.5 Å². The molecule has 44 heavy (non-hydrogen) atoms. The number of aromatic nitrogens is 1. The molecule has 214 valence electrons. The maximum absolute atomic E-state index is 2.36. The van der Waals surface area contributed by atoms with E-state index in [1.807, 2.05) is 0 Å². The largest absolute Gasteiger partial charge is 0.311 e. The number of anilines is 3. The van der Waals surface area contributed by atoms with Crippen LogP contribution in [0.15, 0.2) is 152 Å². The molecule has 1 aromatic heterocycles. The summed E-state index contributed by atoms with van der Waals surface area (Å²) in [6, 6.07) is 54.6. The number of hydrogen-bond donors (Lipinski definition) is 0. The number of benzene rings is 6. The van der Waals surface area contributed by atoms with Crippen molar-refractivity contribution in [2.24, 2.45) is 0 Å². The fraction of sp³-hybridized carbons (Fsp3) is 0.0952. The minimum Gasteiger partial charge on any atom is -0.311 e. The molecule has 0 aliphatic heterocycles. The Morgan fingerprint density at radius 2 is 0.977 bits per heavy atom. The van der Waals surface area contributed by atoms with Crippen LogP contribution in [0.5, 0.6) is 0 Å². The first-order valence-corrected chi connectivity index (χ1v) is 15.6. The van der Waals surface area contributed by atoms with Gasteiger partial charge in [-0.3, -0.25) is 0 Å². The topological polar surface area (TPSA) is 8.17 Å². The zero-order chi connectivity index (χ0) is 29.7. The second-order valence-electron chi connectivity index (χ2n) is 11.3. The monoisotopic (exact) mass is 568 g/mol. The van der Waals surface area contributed by atoms with Crippen LogP contribution < -0.4 is 4.90 Å². The average molecular weight is 569 g/mol. The van der Waals surface area contributed by atoms with Crippen LogP contribution in [0, 0.1) is 0 Å². The maximum atomic E-state index is 2.36. The molecule has 0 atom stereocenters. The second-order valence-corrected chi connectivity index (χ2v) is 11.3. The molecular formula is C42H36N2. The van der Waals surface area contributed by atoms with Crippen LogP contribution in [-0.2, 0) is 6.42 Å². The Bertz CT molecular complexity index is 1960. The van der Waals surface area contributed by atoms with Gasteiger partial charge in [-0.05, 0) is 90.2 Å². The normalized spacial score (nSPS) is 11.5. The lowest BCUT2D eigenvalue weighted by Gasteiger charge is -2.26. The number of aryl methyl sites for hydroxylation is 1. The Labute approximate surface area is 260 Å². The lowest BCUT2D eigenvalue weighted by atomic mass is 10.1. The molecule has 2 nitrogen and oxygen atoms in total. The van der Waals surface area contributed by atoms with Crippen molar-refractivity contribution in [2.45, 2.75) is 26.2 Å². The van der Waals surface area contributed by atoms with Gasteiger partial charge in [-0.15, -0.1) is 0 Å². The molecule has 2 heteroatoms. The molecule has 0 aliphatic rings. The number of fused-ring (bicyclic) bond motifs is 3. The highest BCUT2D eigenvalue weighted by Gasteiger charge is 2.14. The first-order valence-electron chi connectivity index (χ1n) is 15.6. The van der Waals surface area contributed by atoms with E-state index in [1.165, 1.54) is 51.3 Å². The highest BCUT2D eigenvalue weighted by molar-refractivity contribution is 6.09. The predicted octanol–water partition coefficient (Wildman–Crippen LogP) is 11.8. The standard InChI is InChI=1S/C42H36N2/c1-2-3-11-32-18-20-33(21-19-32)22-23-34-24-26-36(27-25-34)43(35-12-5-4-6-13-35)37-28-30-38(31-29-37)44-41-16-9-7-14-39(41)40-15-8-10-17-42(40)44/h4-10,12-31H,2-3,11H2,1H3/b23-22+. The average Bonchev–Trinajstić information content (AvgIpc) is 3.43. The Hall–Kier alpha value is -5.34. The molecular weight excluding hydrogens is 532 g/mol. The minimum absolute atomic E-state index is 1.12. The van der Waals surface area contributed by atoms with Crippen LogP contribution in [0.25, 0.3) is 39.6 Å². The van der Waals surface area contributed by atoms with Crippen molar-refractivity contribution in [3.05, 3.63) is 168 Å². The molecule has 0 radical (unpaired) electrons. The summed E-state index contributed by atoms with van der Waals surface area (Å²) in [6.07, 6.45) is 8.02. The van der Waals surface area contributed by atoms with E-state index in [-0.39, 0.29) is 0 Å². The van der Waals surface area contributed by atoms with Crippen LogP contribution in [0.3, 0.4) is 0 Å². The zero-order valence-electron chi connectivity index (χ0n) is 25.1. The number of hydrogen-bond acceptors (Lipinski definition) is 1. The van der Waals surface area contributed by atoms with E-state index >= 15 is 0 Å². The molecule has 0 bridgehead atoms. The maximum Gasteiger partial charge on any atom is 0.0541 e. The van der Waals surface area contributed by atoms with Gasteiger partial charge in [0.2, 0.25) is 0 Å². The Kier molecular flexibility index (Phi) is 7.80. The molecule has 0 spiro atoms. The second kappa shape index (κ2) is 12.5. The van der Waals surface area contributed by atoms with Gasteiger partial charge in [0.05, 0.1) is 11.0 Å². The fourth-order valence-corrected chi connectivity index (χ4v) is 6.08. The lowest BCUT2D eigenvalue weighted by molar-refractivity contribution is 0.795. The minimum atomic E-state index is 1.12. The van der Waals surface area contributed by atoms with Gasteiger partial charge >= 0.3 is 0 Å². The van der Waals surface area contributed by atoms with Crippen LogP contribution in [0.4, 0.5) is 17.1 Å². The van der Waals surface area contributed by atoms with Gasteiger partial charge in [-0.25, -0.2) is 0 Å². The molecule has 0 N–H and O–H groups in total. The van der Waals surface area contributed by atoms with Gasteiger partial charge in [-0.1, -0.05) is 116 Å². The number of nitrogens with zero attached hydrogens (tertiary/aromatic N) is 2. The third kappa shape index (κ3) is 5.55. The molecule has 0 aliphatic carbocycles. The van der Waals surface area contributed by atoms with Gasteiger partial charge < -0.3 is 9.47 Å². The van der Waals surface area contributed by atoms with E-state index in [0.717, 1.165) is 29.2 Å². The Morgan fingerprint density at radius 1 is 0.500 bits per heavy atom. The SMILES string of the molecule is CCCCc1ccc(/C=C/c2ccc(N(c3ccccc3)c3ccc(-n4c5ccccc5c5ccccc54)cc3)cc2)cc1. The molecule has 0 amide bonds. The van der Waals surface area contributed by atoms with Crippen molar-refractivity contribution in [1.29, 1.82) is 0 Å². The third-order valence-corrected chi connectivity index (χ3v) is 8.38. The molecule has 7 rings (SSSR count). The quantitative estimate of drug-likeness (QED) is 0.157. The molecule has 0 saturated heterocycles. The van der Waals surface area contributed by atoms with E-state index in [4.69, 9.17) is 0 Å². The summed E-state index contributed by atoms with van der Waals surface area (Å²) in [7, 11) is 0. The van der Waals surface area contributed by atoms with Gasteiger partial charge in [0.15, 0.2) is 0 Å². The van der Waals surface area contributed by atoms with Crippen molar-refractivity contribution in [3.63, 3.8) is 0 Å². The van der Waals surface area contributed by atoms with E-state index in [2.05, 4.69) is 180 Å². The van der Waals surface area contributed by atoms with Crippen LogP contribution in [0.1, 0.15) is 36.5 Å². The number of para-hydroxylation sites is 3. The molecule has 7 aromatic rings. The van der Waals surface area contributed by atoms with Crippen LogP contribution >= 0.6 is 0 Å². The smallest absolute Gasteiger partial charge is 0.0541 e. The van der Waals surface area contributed by atoms with E-state index in [9.17, 15) is 0 Å². The first kappa shape index (κ1) is 27.5. The summed E-state index contributed by atoms with van der Waals surface area (Å²) in [4.78, 5) is 2.32. The van der Waals surface area contributed by atoms with E-state index in [1.54, 1.807) is 0 Å². The Balaban J connectivity index is 1.19. The summed E-state index contributed by atoms with van der Waals surface area (Å²) in [5.41, 5.74) is 10.8. The molecule has 0 saturated carbocycles. The predicted molar refractivity (Wildman–Crippen MR) is 189 cm³/mol. The molecule has 0 fully saturated rings. The van der Waals surface area contributed by atoms with Crippen molar-refractivity contribution in [2.75, 3.05) is 4.90 Å². The van der Waals surface area contributed by atoms with Crippen molar-refractivity contribution in [1.82, 2.24) is 4.57 Å². The highest BCUT2D eigenvalue weighted by atomic mass is 15.1. The van der Waals surface area contributed by atoms with Crippen LogP contribution in [0.2, 0.25) is 0 Å². The first-order chi connectivity index (χ1) is 21.8. The summed E-state index contributed by atoms with van der Waals surface area (Å²) >= 11 is 0. The van der Waals surface area contributed by atoms with Gasteiger partial charge in [0.25, 0.3) is 0 Å². The van der Waals surface area contributed by atoms with Crippen molar-refractivity contribution in [3.8, 4) is 5.69 Å². The lowest BCUT2D eigenvalue weighted by Crippen LogP contribution is -2.10. The van der Waals surface area contributed by atoms with Crippen molar-refractivity contribution >= 4 is 51.0 Å². The zero-order valence-corrected chi connectivity index (χ0v) is 25.1. The van der Waals surface area contributed by atoms with E-state index in [0.29, 0.717) is 0 Å². The summed E-state index contributed by atoms with van der Waals surface area (Å²) in [5, 5.41) is 2.55. The van der Waals surface area contributed by atoms with Crippen molar-refractivity contribution < 1.29 is 0 Å². The van der Waals surface area contributed by atoms with Gasteiger partial charge in [-0.2, -0.15) is 0 Å². The van der Waals surface area contributed by atoms with Gasteiger partial charge in [0.1, 0.15) is 0 Å². The summed E-state index contributed by atoms with van der Waals surface area (Å²) in [5.74, 6) is 0. The summed E-state index contributed by atoms with van der Waals surface area (Å²) < 4.78 is 2.36.